The molecule has 0 fully saturated rings. The summed E-state index contributed by atoms with van der Waals surface area (Å²) in [6, 6.07) is 10.2. The molecule has 0 bridgehead atoms. The summed E-state index contributed by atoms with van der Waals surface area (Å²) in [5, 5.41) is 3.51. The number of benzene rings is 2. The number of nitrogens with one attached hydrogen (secondary N) is 1. The summed E-state index contributed by atoms with van der Waals surface area (Å²) in [6.07, 6.45) is 3.29. The van der Waals surface area contributed by atoms with Crippen LogP contribution in [0.2, 0.25) is 5.02 Å². The second kappa shape index (κ2) is 5.76. The lowest BCUT2D eigenvalue weighted by atomic mass is 9.98. The maximum Gasteiger partial charge on any atom is 0.129 e. The summed E-state index contributed by atoms with van der Waals surface area (Å²) in [5.41, 5.74) is 3.06. The SMILES string of the molecule is CNC(c1ccc2nccnc2c1)c1ccc(Cl)cc1F. The van der Waals surface area contributed by atoms with Crippen LogP contribution in [-0.4, -0.2) is 17.0 Å². The van der Waals surface area contributed by atoms with Gasteiger partial charge in [-0.05, 0) is 36.9 Å². The average Bonchev–Trinajstić information content (AvgIpc) is 2.50. The predicted octanol–water partition coefficient (Wildman–Crippen LogP) is 3.73. The van der Waals surface area contributed by atoms with Gasteiger partial charge in [0.2, 0.25) is 0 Å². The number of hydrogen-bond acceptors (Lipinski definition) is 3. The molecule has 1 atom stereocenters. The van der Waals surface area contributed by atoms with Crippen molar-refractivity contribution in [3.05, 3.63) is 70.8 Å². The topological polar surface area (TPSA) is 37.8 Å². The van der Waals surface area contributed by atoms with Crippen LogP contribution in [0.25, 0.3) is 11.0 Å². The van der Waals surface area contributed by atoms with E-state index < -0.39 is 0 Å². The molecule has 106 valence electrons. The van der Waals surface area contributed by atoms with E-state index in [4.69, 9.17) is 11.6 Å². The Hall–Kier alpha value is -2.04. The van der Waals surface area contributed by atoms with E-state index in [0.717, 1.165) is 16.6 Å². The highest BCUT2D eigenvalue weighted by atomic mass is 35.5. The minimum absolute atomic E-state index is 0.270. The van der Waals surface area contributed by atoms with Crippen LogP contribution in [0, 0.1) is 5.82 Å². The first-order valence-electron chi connectivity index (χ1n) is 6.52. The number of aromatic nitrogens is 2. The normalized spacial score (nSPS) is 12.5. The van der Waals surface area contributed by atoms with Crippen molar-refractivity contribution in [2.75, 3.05) is 7.05 Å². The first-order valence-corrected chi connectivity index (χ1v) is 6.89. The molecule has 1 aromatic heterocycles. The van der Waals surface area contributed by atoms with E-state index in [9.17, 15) is 4.39 Å². The van der Waals surface area contributed by atoms with Crippen molar-refractivity contribution in [1.29, 1.82) is 0 Å². The van der Waals surface area contributed by atoms with Crippen molar-refractivity contribution < 1.29 is 4.39 Å². The van der Waals surface area contributed by atoms with Gasteiger partial charge in [0, 0.05) is 23.0 Å². The minimum Gasteiger partial charge on any atom is -0.309 e. The van der Waals surface area contributed by atoms with Gasteiger partial charge in [0.15, 0.2) is 0 Å². The molecule has 5 heteroatoms. The fourth-order valence-electron chi connectivity index (χ4n) is 2.40. The Balaban J connectivity index is 2.09. The third kappa shape index (κ3) is 2.73. The lowest BCUT2D eigenvalue weighted by Gasteiger charge is -2.18. The van der Waals surface area contributed by atoms with E-state index in [0.29, 0.717) is 10.6 Å². The van der Waals surface area contributed by atoms with Crippen molar-refractivity contribution in [2.45, 2.75) is 6.04 Å². The number of halogens is 2. The van der Waals surface area contributed by atoms with Crippen LogP contribution in [0.5, 0.6) is 0 Å². The molecule has 0 amide bonds. The molecule has 0 radical (unpaired) electrons. The molecule has 0 aliphatic rings. The van der Waals surface area contributed by atoms with Gasteiger partial charge in [-0.3, -0.25) is 9.97 Å². The van der Waals surface area contributed by atoms with Crippen molar-refractivity contribution in [3.63, 3.8) is 0 Å². The molecular weight excluding hydrogens is 289 g/mol. The Bertz CT molecular complexity index is 791. The zero-order valence-electron chi connectivity index (χ0n) is 11.3. The molecule has 0 aliphatic carbocycles. The van der Waals surface area contributed by atoms with Gasteiger partial charge in [-0.25, -0.2) is 4.39 Å². The summed E-state index contributed by atoms with van der Waals surface area (Å²) in [7, 11) is 1.79. The zero-order valence-corrected chi connectivity index (χ0v) is 12.1. The molecule has 1 N–H and O–H groups in total. The molecule has 0 spiro atoms. The molecule has 0 aliphatic heterocycles. The first kappa shape index (κ1) is 13.9. The van der Waals surface area contributed by atoms with E-state index in [1.807, 2.05) is 18.2 Å². The minimum atomic E-state index is -0.332. The maximum atomic E-state index is 14.1. The molecule has 3 aromatic rings. The highest BCUT2D eigenvalue weighted by molar-refractivity contribution is 6.30. The quantitative estimate of drug-likeness (QED) is 0.801. The lowest BCUT2D eigenvalue weighted by Crippen LogP contribution is -2.19. The molecule has 1 heterocycles. The van der Waals surface area contributed by atoms with E-state index in [1.54, 1.807) is 31.6 Å². The molecule has 2 aromatic carbocycles. The number of rotatable bonds is 3. The Kier molecular flexibility index (Phi) is 3.82. The van der Waals surface area contributed by atoms with Crippen LogP contribution in [0.1, 0.15) is 17.2 Å². The second-order valence-electron chi connectivity index (χ2n) is 4.69. The van der Waals surface area contributed by atoms with Gasteiger partial charge in [-0.2, -0.15) is 0 Å². The summed E-state index contributed by atoms with van der Waals surface area (Å²) in [4.78, 5) is 8.52. The largest absolute Gasteiger partial charge is 0.309 e. The molecule has 3 nitrogen and oxygen atoms in total. The Morgan fingerprint density at radius 1 is 1.05 bits per heavy atom. The average molecular weight is 302 g/mol. The van der Waals surface area contributed by atoms with Crippen molar-refractivity contribution in [1.82, 2.24) is 15.3 Å². The molecule has 1 unspecified atom stereocenters. The van der Waals surface area contributed by atoms with E-state index in [1.165, 1.54) is 6.07 Å². The molecular formula is C16H13ClFN3. The third-order valence-electron chi connectivity index (χ3n) is 3.39. The van der Waals surface area contributed by atoms with E-state index in [2.05, 4.69) is 15.3 Å². The number of fused-ring (bicyclic) bond motifs is 1. The van der Waals surface area contributed by atoms with E-state index >= 15 is 0 Å². The molecule has 3 rings (SSSR count). The standard InChI is InChI=1S/C16H13ClFN3/c1-19-16(12-4-3-11(17)9-13(12)18)10-2-5-14-15(8-10)21-7-6-20-14/h2-9,16,19H,1H3. The first-order chi connectivity index (χ1) is 10.2. The third-order valence-corrected chi connectivity index (χ3v) is 3.62. The van der Waals surface area contributed by atoms with Gasteiger partial charge < -0.3 is 5.32 Å². The van der Waals surface area contributed by atoms with Gasteiger partial charge in [0.05, 0.1) is 17.1 Å². The maximum absolute atomic E-state index is 14.1. The highest BCUT2D eigenvalue weighted by Gasteiger charge is 2.17. The van der Waals surface area contributed by atoms with Crippen LogP contribution in [0.3, 0.4) is 0 Å². The molecule has 21 heavy (non-hydrogen) atoms. The van der Waals surface area contributed by atoms with Gasteiger partial charge in [0.25, 0.3) is 0 Å². The predicted molar refractivity (Wildman–Crippen MR) is 81.9 cm³/mol. The van der Waals surface area contributed by atoms with Gasteiger partial charge in [-0.15, -0.1) is 0 Å². The van der Waals surface area contributed by atoms with Crippen LogP contribution < -0.4 is 5.32 Å². The Labute approximate surface area is 126 Å². The number of nitrogens with zero attached hydrogens (tertiary/aromatic N) is 2. The van der Waals surface area contributed by atoms with Crippen LogP contribution >= 0.6 is 11.6 Å². The van der Waals surface area contributed by atoms with Crippen LogP contribution in [0.15, 0.2) is 48.8 Å². The van der Waals surface area contributed by atoms with Gasteiger partial charge in [-0.1, -0.05) is 23.7 Å². The monoisotopic (exact) mass is 301 g/mol. The molecule has 0 saturated carbocycles. The summed E-state index contributed by atoms with van der Waals surface area (Å²) >= 11 is 5.81. The summed E-state index contributed by atoms with van der Waals surface area (Å²) in [5.74, 6) is -0.332. The van der Waals surface area contributed by atoms with Crippen molar-refractivity contribution in [2.24, 2.45) is 0 Å². The Morgan fingerprint density at radius 2 is 1.81 bits per heavy atom. The Morgan fingerprint density at radius 3 is 2.52 bits per heavy atom. The van der Waals surface area contributed by atoms with Crippen LogP contribution in [0.4, 0.5) is 4.39 Å². The summed E-state index contributed by atoms with van der Waals surface area (Å²) in [6.45, 7) is 0. The van der Waals surface area contributed by atoms with Crippen molar-refractivity contribution in [3.8, 4) is 0 Å². The van der Waals surface area contributed by atoms with Gasteiger partial charge >= 0.3 is 0 Å². The molecule has 0 saturated heterocycles. The van der Waals surface area contributed by atoms with Crippen LogP contribution in [-0.2, 0) is 0 Å². The smallest absolute Gasteiger partial charge is 0.129 e. The zero-order chi connectivity index (χ0) is 14.8. The summed E-state index contributed by atoms with van der Waals surface area (Å²) < 4.78 is 14.1. The lowest BCUT2D eigenvalue weighted by molar-refractivity contribution is 0.576. The fourth-order valence-corrected chi connectivity index (χ4v) is 2.56. The van der Waals surface area contributed by atoms with E-state index in [-0.39, 0.29) is 11.9 Å². The second-order valence-corrected chi connectivity index (χ2v) is 5.13. The van der Waals surface area contributed by atoms with Crippen molar-refractivity contribution >= 4 is 22.6 Å². The van der Waals surface area contributed by atoms with Gasteiger partial charge in [0.1, 0.15) is 5.82 Å². The fraction of sp³-hybridized carbons (Fsp3) is 0.125. The highest BCUT2D eigenvalue weighted by Crippen LogP contribution is 2.27. The number of hydrogen-bond donors (Lipinski definition) is 1.